The van der Waals surface area contributed by atoms with Crippen molar-refractivity contribution in [1.29, 1.82) is 0 Å². The standard InChI is InChI=1S/C16H25N3O/c1-2-3-11-17-15-10-9-14(12-18-15)19-16(20)13-7-5-4-6-8-13/h9-10,12-13H,2-8,11H2,1H3,(H,17,18)(H,19,20). The first-order valence-corrected chi connectivity index (χ1v) is 7.80. The largest absolute Gasteiger partial charge is 0.370 e. The summed E-state index contributed by atoms with van der Waals surface area (Å²) >= 11 is 0. The van der Waals surface area contributed by atoms with Gasteiger partial charge in [-0.1, -0.05) is 32.6 Å². The molecule has 1 fully saturated rings. The van der Waals surface area contributed by atoms with Gasteiger partial charge in [0.25, 0.3) is 0 Å². The number of amides is 1. The summed E-state index contributed by atoms with van der Waals surface area (Å²) in [5.74, 6) is 1.21. The van der Waals surface area contributed by atoms with E-state index in [9.17, 15) is 4.79 Å². The summed E-state index contributed by atoms with van der Waals surface area (Å²) in [5.41, 5.74) is 0.793. The van der Waals surface area contributed by atoms with Crippen molar-refractivity contribution in [3.63, 3.8) is 0 Å². The lowest BCUT2D eigenvalue weighted by Crippen LogP contribution is -2.24. The number of rotatable bonds is 6. The molecular formula is C16H25N3O. The Labute approximate surface area is 121 Å². The molecule has 0 radical (unpaired) electrons. The molecule has 0 bridgehead atoms. The second kappa shape index (κ2) is 7.88. The van der Waals surface area contributed by atoms with E-state index < -0.39 is 0 Å². The van der Waals surface area contributed by atoms with Crippen molar-refractivity contribution in [3.05, 3.63) is 18.3 Å². The number of anilines is 2. The van der Waals surface area contributed by atoms with Crippen LogP contribution < -0.4 is 10.6 Å². The molecule has 110 valence electrons. The maximum Gasteiger partial charge on any atom is 0.227 e. The Bertz CT molecular complexity index is 410. The molecule has 0 aromatic carbocycles. The lowest BCUT2D eigenvalue weighted by molar-refractivity contribution is -0.120. The van der Waals surface area contributed by atoms with Gasteiger partial charge in [0.05, 0.1) is 11.9 Å². The second-order valence-electron chi connectivity index (χ2n) is 5.54. The van der Waals surface area contributed by atoms with E-state index >= 15 is 0 Å². The molecule has 0 spiro atoms. The van der Waals surface area contributed by atoms with E-state index in [1.807, 2.05) is 12.1 Å². The van der Waals surface area contributed by atoms with Gasteiger partial charge in [-0.05, 0) is 31.4 Å². The fourth-order valence-corrected chi connectivity index (χ4v) is 2.57. The number of pyridine rings is 1. The van der Waals surface area contributed by atoms with Crippen LogP contribution in [0.5, 0.6) is 0 Å². The minimum absolute atomic E-state index is 0.151. The number of nitrogens with one attached hydrogen (secondary N) is 2. The van der Waals surface area contributed by atoms with Gasteiger partial charge in [-0.3, -0.25) is 4.79 Å². The van der Waals surface area contributed by atoms with Gasteiger partial charge in [0.15, 0.2) is 0 Å². The van der Waals surface area contributed by atoms with E-state index in [2.05, 4.69) is 22.5 Å². The SMILES string of the molecule is CCCCNc1ccc(NC(=O)C2CCCCC2)cn1. The topological polar surface area (TPSA) is 54.0 Å². The average Bonchev–Trinajstić information content (AvgIpc) is 2.50. The average molecular weight is 275 g/mol. The smallest absolute Gasteiger partial charge is 0.227 e. The molecule has 4 nitrogen and oxygen atoms in total. The van der Waals surface area contributed by atoms with Gasteiger partial charge in [0.1, 0.15) is 5.82 Å². The van der Waals surface area contributed by atoms with Crippen molar-refractivity contribution in [2.45, 2.75) is 51.9 Å². The number of nitrogens with zero attached hydrogens (tertiary/aromatic N) is 1. The minimum Gasteiger partial charge on any atom is -0.370 e. The molecule has 1 heterocycles. The lowest BCUT2D eigenvalue weighted by atomic mass is 9.88. The predicted molar refractivity (Wildman–Crippen MR) is 82.8 cm³/mol. The Morgan fingerprint density at radius 1 is 1.30 bits per heavy atom. The first-order chi connectivity index (χ1) is 9.79. The number of carbonyl (C=O) groups is 1. The van der Waals surface area contributed by atoms with Crippen LogP contribution in [0.4, 0.5) is 11.5 Å². The highest BCUT2D eigenvalue weighted by molar-refractivity contribution is 5.92. The van der Waals surface area contributed by atoms with Crippen LogP contribution in [0, 0.1) is 5.92 Å². The minimum atomic E-state index is 0.151. The Balaban J connectivity index is 1.81. The van der Waals surface area contributed by atoms with Crippen LogP contribution in [0.25, 0.3) is 0 Å². The molecule has 0 aliphatic heterocycles. The summed E-state index contributed by atoms with van der Waals surface area (Å²) in [5, 5.41) is 6.24. The zero-order valence-corrected chi connectivity index (χ0v) is 12.3. The highest BCUT2D eigenvalue weighted by atomic mass is 16.1. The molecule has 0 unspecified atom stereocenters. The molecular weight excluding hydrogens is 250 g/mol. The maximum atomic E-state index is 12.1. The van der Waals surface area contributed by atoms with E-state index in [4.69, 9.17) is 0 Å². The number of unbranched alkanes of at least 4 members (excludes halogenated alkanes) is 1. The molecule has 2 rings (SSSR count). The number of aromatic nitrogens is 1. The van der Waals surface area contributed by atoms with Gasteiger partial charge in [-0.15, -0.1) is 0 Å². The van der Waals surface area contributed by atoms with Gasteiger partial charge in [-0.25, -0.2) is 4.98 Å². The third-order valence-electron chi connectivity index (χ3n) is 3.84. The summed E-state index contributed by atoms with van der Waals surface area (Å²) in [4.78, 5) is 16.4. The quantitative estimate of drug-likeness (QED) is 0.776. The van der Waals surface area contributed by atoms with E-state index in [1.54, 1.807) is 6.20 Å². The third-order valence-corrected chi connectivity index (χ3v) is 3.84. The molecule has 1 aromatic rings. The van der Waals surface area contributed by atoms with Crippen LogP contribution in [0.2, 0.25) is 0 Å². The number of carbonyl (C=O) groups excluding carboxylic acids is 1. The maximum absolute atomic E-state index is 12.1. The molecule has 4 heteroatoms. The van der Waals surface area contributed by atoms with Crippen LogP contribution in [0.3, 0.4) is 0 Å². The van der Waals surface area contributed by atoms with Gasteiger partial charge < -0.3 is 10.6 Å². The van der Waals surface area contributed by atoms with Crippen molar-refractivity contribution < 1.29 is 4.79 Å². The fraction of sp³-hybridized carbons (Fsp3) is 0.625. The first kappa shape index (κ1) is 14.8. The van der Waals surface area contributed by atoms with Crippen molar-refractivity contribution in [2.24, 2.45) is 5.92 Å². The first-order valence-electron chi connectivity index (χ1n) is 7.80. The number of hydrogen-bond acceptors (Lipinski definition) is 3. The Morgan fingerprint density at radius 2 is 2.10 bits per heavy atom. The Hall–Kier alpha value is -1.58. The number of hydrogen-bond donors (Lipinski definition) is 2. The van der Waals surface area contributed by atoms with Crippen molar-refractivity contribution in [3.8, 4) is 0 Å². The second-order valence-corrected chi connectivity index (χ2v) is 5.54. The Morgan fingerprint density at radius 3 is 2.75 bits per heavy atom. The summed E-state index contributed by atoms with van der Waals surface area (Å²) < 4.78 is 0. The van der Waals surface area contributed by atoms with Crippen LogP contribution in [-0.4, -0.2) is 17.4 Å². The molecule has 0 atom stereocenters. The van der Waals surface area contributed by atoms with Gasteiger partial charge in [0.2, 0.25) is 5.91 Å². The summed E-state index contributed by atoms with van der Waals surface area (Å²) in [6, 6.07) is 3.84. The van der Waals surface area contributed by atoms with Gasteiger partial charge >= 0.3 is 0 Å². The normalized spacial score (nSPS) is 15.8. The van der Waals surface area contributed by atoms with Crippen LogP contribution in [-0.2, 0) is 4.79 Å². The molecule has 1 aromatic heterocycles. The highest BCUT2D eigenvalue weighted by Crippen LogP contribution is 2.24. The molecule has 1 amide bonds. The van der Waals surface area contributed by atoms with E-state index in [0.29, 0.717) is 0 Å². The van der Waals surface area contributed by atoms with E-state index in [0.717, 1.165) is 37.3 Å². The zero-order chi connectivity index (χ0) is 14.2. The molecule has 0 saturated heterocycles. The van der Waals surface area contributed by atoms with Gasteiger partial charge in [-0.2, -0.15) is 0 Å². The van der Waals surface area contributed by atoms with Gasteiger partial charge in [0, 0.05) is 12.5 Å². The molecule has 2 N–H and O–H groups in total. The summed E-state index contributed by atoms with van der Waals surface area (Å²) in [6.07, 6.45) is 9.71. The van der Waals surface area contributed by atoms with Crippen molar-refractivity contribution in [2.75, 3.05) is 17.2 Å². The van der Waals surface area contributed by atoms with Crippen LogP contribution in [0.1, 0.15) is 51.9 Å². The lowest BCUT2D eigenvalue weighted by Gasteiger charge is -2.20. The summed E-state index contributed by atoms with van der Waals surface area (Å²) in [7, 11) is 0. The molecule has 20 heavy (non-hydrogen) atoms. The third kappa shape index (κ3) is 4.51. The van der Waals surface area contributed by atoms with E-state index in [-0.39, 0.29) is 11.8 Å². The fourth-order valence-electron chi connectivity index (χ4n) is 2.57. The molecule has 1 aliphatic rings. The van der Waals surface area contributed by atoms with Crippen LogP contribution >= 0.6 is 0 Å². The van der Waals surface area contributed by atoms with E-state index in [1.165, 1.54) is 25.7 Å². The highest BCUT2D eigenvalue weighted by Gasteiger charge is 2.20. The summed E-state index contributed by atoms with van der Waals surface area (Å²) in [6.45, 7) is 3.11. The van der Waals surface area contributed by atoms with Crippen molar-refractivity contribution in [1.82, 2.24) is 4.98 Å². The van der Waals surface area contributed by atoms with Crippen molar-refractivity contribution >= 4 is 17.4 Å². The predicted octanol–water partition coefficient (Wildman–Crippen LogP) is 3.81. The molecule has 1 saturated carbocycles. The van der Waals surface area contributed by atoms with Crippen LogP contribution in [0.15, 0.2) is 18.3 Å². The zero-order valence-electron chi connectivity index (χ0n) is 12.3. The monoisotopic (exact) mass is 275 g/mol. The molecule has 1 aliphatic carbocycles. The Kier molecular flexibility index (Phi) is 5.84.